The van der Waals surface area contributed by atoms with Gasteiger partial charge in [-0.15, -0.1) is 5.11 Å². The number of hydrogen-bond acceptors (Lipinski definition) is 4. The predicted octanol–water partition coefficient (Wildman–Crippen LogP) is 2.46. The molecule has 0 radical (unpaired) electrons. The van der Waals surface area contributed by atoms with Gasteiger partial charge in [0.15, 0.2) is 0 Å². The molecule has 2 rings (SSSR count). The lowest BCUT2D eigenvalue weighted by atomic mass is 10.1. The second-order valence-electron chi connectivity index (χ2n) is 5.88. The Labute approximate surface area is 132 Å². The average molecular weight is 303 g/mol. The molecule has 1 fully saturated rings. The van der Waals surface area contributed by atoms with Crippen LogP contribution in [0.5, 0.6) is 0 Å². The molecule has 1 N–H and O–H groups in total. The third kappa shape index (κ3) is 4.53. The Kier molecular flexibility index (Phi) is 5.89. The standard InChI is InChI=1S/C16H25N5O/c1-20(2)19-18-15-9-5-4-8-14(15)16(22)17-11-10-13-7-6-12-21(13)3/h4-5,8-9,13H,6-7,10-12H2,1-3H3,(H,17,22). The van der Waals surface area contributed by atoms with E-state index in [1.807, 2.05) is 12.1 Å². The molecule has 1 aromatic rings. The highest BCUT2D eigenvalue weighted by molar-refractivity contribution is 5.98. The first-order chi connectivity index (χ1) is 10.6. The maximum atomic E-state index is 12.3. The van der Waals surface area contributed by atoms with Crippen molar-refractivity contribution in [2.75, 3.05) is 34.2 Å². The van der Waals surface area contributed by atoms with Crippen LogP contribution in [-0.2, 0) is 0 Å². The van der Waals surface area contributed by atoms with Crippen molar-refractivity contribution in [3.05, 3.63) is 29.8 Å². The smallest absolute Gasteiger partial charge is 0.253 e. The second kappa shape index (κ2) is 7.89. The van der Waals surface area contributed by atoms with Crippen LogP contribution in [0.2, 0.25) is 0 Å². The third-order valence-electron chi connectivity index (χ3n) is 3.91. The predicted molar refractivity (Wildman–Crippen MR) is 87.2 cm³/mol. The fraction of sp³-hybridized carbons (Fsp3) is 0.562. The summed E-state index contributed by atoms with van der Waals surface area (Å²) in [5.74, 6) is -0.0889. The van der Waals surface area contributed by atoms with E-state index in [0.717, 1.165) is 13.0 Å². The molecular formula is C16H25N5O. The summed E-state index contributed by atoms with van der Waals surface area (Å²) in [6.45, 7) is 1.85. The van der Waals surface area contributed by atoms with Gasteiger partial charge in [-0.05, 0) is 45.0 Å². The monoisotopic (exact) mass is 303 g/mol. The number of rotatable bonds is 6. The highest BCUT2D eigenvalue weighted by Crippen LogP contribution is 2.20. The Bertz CT molecular complexity index is 529. The Morgan fingerprint density at radius 2 is 2.18 bits per heavy atom. The summed E-state index contributed by atoms with van der Waals surface area (Å²) in [6.07, 6.45) is 3.46. The first-order valence-electron chi connectivity index (χ1n) is 7.74. The molecule has 0 spiro atoms. The zero-order chi connectivity index (χ0) is 15.9. The van der Waals surface area contributed by atoms with Crippen LogP contribution < -0.4 is 5.32 Å². The summed E-state index contributed by atoms with van der Waals surface area (Å²) in [5, 5.41) is 12.7. The molecule has 6 heteroatoms. The molecule has 1 aromatic carbocycles. The van der Waals surface area contributed by atoms with Gasteiger partial charge >= 0.3 is 0 Å². The van der Waals surface area contributed by atoms with Crippen molar-refractivity contribution in [2.45, 2.75) is 25.3 Å². The molecule has 0 bridgehead atoms. The van der Waals surface area contributed by atoms with E-state index < -0.39 is 0 Å². The topological polar surface area (TPSA) is 60.3 Å². The molecule has 1 aliphatic heterocycles. The number of amides is 1. The number of hydrogen-bond donors (Lipinski definition) is 1. The molecule has 1 saturated heterocycles. The zero-order valence-electron chi connectivity index (χ0n) is 13.6. The van der Waals surface area contributed by atoms with Crippen molar-refractivity contribution in [3.8, 4) is 0 Å². The highest BCUT2D eigenvalue weighted by Gasteiger charge is 2.20. The fourth-order valence-corrected chi connectivity index (χ4v) is 2.68. The van der Waals surface area contributed by atoms with E-state index >= 15 is 0 Å². The van der Waals surface area contributed by atoms with Crippen LogP contribution >= 0.6 is 0 Å². The molecule has 0 saturated carbocycles. The Morgan fingerprint density at radius 3 is 2.86 bits per heavy atom. The SMILES string of the molecule is CN(C)N=Nc1ccccc1C(=O)NCCC1CCCN1C. The van der Waals surface area contributed by atoms with E-state index in [2.05, 4.69) is 27.6 Å². The Hall–Kier alpha value is -1.95. The van der Waals surface area contributed by atoms with Crippen molar-refractivity contribution in [1.29, 1.82) is 0 Å². The minimum absolute atomic E-state index is 0.0889. The van der Waals surface area contributed by atoms with Gasteiger partial charge in [0.1, 0.15) is 5.69 Å². The Balaban J connectivity index is 1.92. The first-order valence-corrected chi connectivity index (χ1v) is 7.74. The van der Waals surface area contributed by atoms with Crippen molar-refractivity contribution in [3.63, 3.8) is 0 Å². The molecule has 6 nitrogen and oxygen atoms in total. The van der Waals surface area contributed by atoms with Gasteiger partial charge in [-0.2, -0.15) is 0 Å². The van der Waals surface area contributed by atoms with Crippen LogP contribution in [0.4, 0.5) is 5.69 Å². The molecule has 120 valence electrons. The van der Waals surface area contributed by atoms with E-state index in [0.29, 0.717) is 23.8 Å². The molecule has 1 atom stereocenters. The second-order valence-corrected chi connectivity index (χ2v) is 5.88. The van der Waals surface area contributed by atoms with Gasteiger partial charge in [0.25, 0.3) is 5.91 Å². The minimum atomic E-state index is -0.0889. The lowest BCUT2D eigenvalue weighted by molar-refractivity contribution is 0.0951. The normalized spacial score (nSPS) is 18.8. The summed E-state index contributed by atoms with van der Waals surface area (Å²) in [7, 11) is 5.74. The zero-order valence-corrected chi connectivity index (χ0v) is 13.6. The van der Waals surface area contributed by atoms with E-state index in [4.69, 9.17) is 0 Å². The summed E-state index contributed by atoms with van der Waals surface area (Å²) >= 11 is 0. The quantitative estimate of drug-likeness (QED) is 0.648. The number of carbonyl (C=O) groups is 1. The number of nitrogens with one attached hydrogen (secondary N) is 1. The van der Waals surface area contributed by atoms with Gasteiger partial charge in [0.05, 0.1) is 5.56 Å². The van der Waals surface area contributed by atoms with Crippen LogP contribution in [0.1, 0.15) is 29.6 Å². The molecular weight excluding hydrogens is 278 g/mol. The van der Waals surface area contributed by atoms with E-state index in [1.54, 1.807) is 31.2 Å². The van der Waals surface area contributed by atoms with Gasteiger partial charge in [-0.25, -0.2) is 0 Å². The van der Waals surface area contributed by atoms with Gasteiger partial charge in [0, 0.05) is 26.7 Å². The Morgan fingerprint density at radius 1 is 1.41 bits per heavy atom. The van der Waals surface area contributed by atoms with Crippen LogP contribution in [-0.4, -0.2) is 56.1 Å². The maximum Gasteiger partial charge on any atom is 0.253 e. The van der Waals surface area contributed by atoms with Crippen LogP contribution in [0.25, 0.3) is 0 Å². The molecule has 1 unspecified atom stereocenters. The lowest BCUT2D eigenvalue weighted by Gasteiger charge is -2.19. The largest absolute Gasteiger partial charge is 0.352 e. The molecule has 0 aliphatic carbocycles. The minimum Gasteiger partial charge on any atom is -0.352 e. The summed E-state index contributed by atoms with van der Waals surface area (Å²) in [4.78, 5) is 14.7. The van der Waals surface area contributed by atoms with Crippen LogP contribution in [0, 0.1) is 0 Å². The molecule has 1 amide bonds. The number of nitrogens with zero attached hydrogens (tertiary/aromatic N) is 4. The summed E-state index contributed by atoms with van der Waals surface area (Å²) in [5.41, 5.74) is 1.15. The molecule has 1 heterocycles. The van der Waals surface area contributed by atoms with Crippen LogP contribution in [0.3, 0.4) is 0 Å². The third-order valence-corrected chi connectivity index (χ3v) is 3.91. The molecule has 0 aromatic heterocycles. The van der Waals surface area contributed by atoms with Gasteiger partial charge < -0.3 is 10.2 Å². The lowest BCUT2D eigenvalue weighted by Crippen LogP contribution is -2.31. The maximum absolute atomic E-state index is 12.3. The average Bonchev–Trinajstić information content (AvgIpc) is 2.90. The fourth-order valence-electron chi connectivity index (χ4n) is 2.68. The van der Waals surface area contributed by atoms with Crippen molar-refractivity contribution in [2.24, 2.45) is 10.3 Å². The van der Waals surface area contributed by atoms with E-state index in [-0.39, 0.29) is 5.91 Å². The van der Waals surface area contributed by atoms with Crippen molar-refractivity contribution < 1.29 is 4.79 Å². The molecule has 22 heavy (non-hydrogen) atoms. The van der Waals surface area contributed by atoms with Crippen LogP contribution in [0.15, 0.2) is 34.6 Å². The number of likely N-dealkylation sites (tertiary alicyclic amines) is 1. The van der Waals surface area contributed by atoms with E-state index in [9.17, 15) is 4.79 Å². The van der Waals surface area contributed by atoms with Gasteiger partial charge in [-0.3, -0.25) is 9.80 Å². The number of benzene rings is 1. The van der Waals surface area contributed by atoms with E-state index in [1.165, 1.54) is 12.8 Å². The number of carbonyl (C=O) groups excluding carboxylic acids is 1. The first kappa shape index (κ1) is 16.4. The summed E-state index contributed by atoms with van der Waals surface area (Å²) in [6, 6.07) is 7.86. The summed E-state index contributed by atoms with van der Waals surface area (Å²) < 4.78 is 0. The molecule has 1 aliphatic rings. The van der Waals surface area contributed by atoms with Gasteiger partial charge in [0.2, 0.25) is 0 Å². The van der Waals surface area contributed by atoms with Crippen molar-refractivity contribution in [1.82, 2.24) is 15.2 Å². The highest BCUT2D eigenvalue weighted by atomic mass is 16.1. The van der Waals surface area contributed by atoms with Gasteiger partial charge in [-0.1, -0.05) is 17.4 Å². The van der Waals surface area contributed by atoms with Crippen molar-refractivity contribution >= 4 is 11.6 Å².